The summed E-state index contributed by atoms with van der Waals surface area (Å²) in [5.41, 5.74) is 1.42. The molecule has 0 saturated carbocycles. The van der Waals surface area contributed by atoms with Gasteiger partial charge in [0.25, 0.3) is 0 Å². The van der Waals surface area contributed by atoms with E-state index >= 15 is 0 Å². The fourth-order valence-electron chi connectivity index (χ4n) is 2.45. The molecule has 0 radical (unpaired) electrons. The molecule has 2 amide bonds. The summed E-state index contributed by atoms with van der Waals surface area (Å²) in [6.07, 6.45) is -1.07. The lowest BCUT2D eigenvalue weighted by Gasteiger charge is -2.16. The van der Waals surface area contributed by atoms with E-state index in [0.717, 1.165) is 5.56 Å². The molecule has 8 heteroatoms. The zero-order valence-corrected chi connectivity index (χ0v) is 15.7. The van der Waals surface area contributed by atoms with Gasteiger partial charge in [-0.05, 0) is 29.7 Å². The summed E-state index contributed by atoms with van der Waals surface area (Å²) < 4.78 is 5.68. The van der Waals surface area contributed by atoms with Gasteiger partial charge in [0.1, 0.15) is 18.6 Å². The van der Waals surface area contributed by atoms with Gasteiger partial charge in [0.2, 0.25) is 5.91 Å². The van der Waals surface area contributed by atoms with E-state index in [9.17, 15) is 14.4 Å². The number of hydrogen-bond donors (Lipinski definition) is 2. The van der Waals surface area contributed by atoms with Gasteiger partial charge < -0.3 is 14.6 Å². The molecule has 0 fully saturated rings. The van der Waals surface area contributed by atoms with Crippen molar-refractivity contribution < 1.29 is 24.2 Å². The molecule has 0 aliphatic heterocycles. The Labute approximate surface area is 166 Å². The molecule has 0 unspecified atom stereocenters. The lowest BCUT2D eigenvalue weighted by atomic mass is 9.95. The number of hydrogen-bond acceptors (Lipinski definition) is 4. The summed E-state index contributed by atoms with van der Waals surface area (Å²) in [4.78, 5) is 33.4. The Kier molecular flexibility index (Phi) is 7.64. The molecule has 142 valence electrons. The van der Waals surface area contributed by atoms with E-state index in [0.29, 0.717) is 24.2 Å². The van der Waals surface area contributed by atoms with Crippen LogP contribution in [0.4, 0.5) is 4.79 Å². The third-order valence-corrected chi connectivity index (χ3v) is 4.47. The Hall–Kier alpha value is -2.57. The van der Waals surface area contributed by atoms with E-state index in [1.807, 2.05) is 30.3 Å². The SMILES string of the molecule is O=CC[C@@H](Cc1c(Cl)cc(OCc2ccccc2)cc1Cl)C(=O)NC(=O)O. The van der Waals surface area contributed by atoms with Gasteiger partial charge >= 0.3 is 6.09 Å². The van der Waals surface area contributed by atoms with Crippen LogP contribution in [0.1, 0.15) is 17.5 Å². The van der Waals surface area contributed by atoms with E-state index in [4.69, 9.17) is 33.0 Å². The maximum Gasteiger partial charge on any atom is 0.411 e. The van der Waals surface area contributed by atoms with Crippen LogP contribution < -0.4 is 10.1 Å². The summed E-state index contributed by atoms with van der Waals surface area (Å²) in [5.74, 6) is -1.23. The van der Waals surface area contributed by atoms with Gasteiger partial charge in [0, 0.05) is 22.4 Å². The largest absolute Gasteiger partial charge is 0.489 e. The van der Waals surface area contributed by atoms with Gasteiger partial charge in [0.05, 0.1) is 0 Å². The van der Waals surface area contributed by atoms with Crippen LogP contribution in [0.2, 0.25) is 10.0 Å². The molecule has 2 aromatic carbocycles. The van der Waals surface area contributed by atoms with Crippen molar-refractivity contribution >= 4 is 41.5 Å². The molecule has 2 aromatic rings. The summed E-state index contributed by atoms with van der Waals surface area (Å²) in [6, 6.07) is 12.7. The molecule has 1 atom stereocenters. The van der Waals surface area contributed by atoms with Crippen LogP contribution in [0, 0.1) is 5.92 Å². The molecular formula is C19H17Cl2NO5. The quantitative estimate of drug-likeness (QED) is 0.639. The van der Waals surface area contributed by atoms with Crippen molar-refractivity contribution in [3.63, 3.8) is 0 Å². The van der Waals surface area contributed by atoms with Gasteiger partial charge in [0.15, 0.2) is 0 Å². The summed E-state index contributed by atoms with van der Waals surface area (Å²) in [6.45, 7) is 0.335. The van der Waals surface area contributed by atoms with Gasteiger partial charge in [-0.15, -0.1) is 0 Å². The molecule has 0 aromatic heterocycles. The number of carboxylic acid groups (broad SMARTS) is 1. The molecule has 0 saturated heterocycles. The molecule has 2 N–H and O–H groups in total. The molecule has 2 rings (SSSR count). The Balaban J connectivity index is 2.13. The minimum absolute atomic E-state index is 0.0223. The smallest absolute Gasteiger partial charge is 0.411 e. The molecule has 0 aliphatic rings. The molecule has 0 aliphatic carbocycles. The van der Waals surface area contributed by atoms with Gasteiger partial charge in [-0.2, -0.15) is 0 Å². The van der Waals surface area contributed by atoms with E-state index in [-0.39, 0.29) is 22.9 Å². The minimum atomic E-state index is -1.49. The van der Waals surface area contributed by atoms with Crippen molar-refractivity contribution in [2.75, 3.05) is 0 Å². The third-order valence-electron chi connectivity index (χ3n) is 3.80. The second kappa shape index (κ2) is 9.94. The number of rotatable bonds is 8. The highest BCUT2D eigenvalue weighted by molar-refractivity contribution is 6.36. The maximum atomic E-state index is 11.9. The Morgan fingerprint density at radius 1 is 1.15 bits per heavy atom. The molecule has 0 heterocycles. The van der Waals surface area contributed by atoms with Gasteiger partial charge in [-0.3, -0.25) is 10.1 Å². The molecule has 0 bridgehead atoms. The van der Waals surface area contributed by atoms with Gasteiger partial charge in [-0.1, -0.05) is 53.5 Å². The first-order chi connectivity index (χ1) is 12.9. The number of halogens is 2. The molecule has 6 nitrogen and oxygen atoms in total. The van der Waals surface area contributed by atoms with Gasteiger partial charge in [-0.25, -0.2) is 4.79 Å². The topological polar surface area (TPSA) is 92.7 Å². The number of ether oxygens (including phenoxy) is 1. The molecular weight excluding hydrogens is 393 g/mol. The monoisotopic (exact) mass is 409 g/mol. The van der Waals surface area contributed by atoms with Crippen molar-refractivity contribution in [3.8, 4) is 5.75 Å². The van der Waals surface area contributed by atoms with Crippen LogP contribution >= 0.6 is 23.2 Å². The average Bonchev–Trinajstić information content (AvgIpc) is 2.62. The fourth-order valence-corrected chi connectivity index (χ4v) is 3.07. The van der Waals surface area contributed by atoms with Crippen LogP contribution in [0.15, 0.2) is 42.5 Å². The van der Waals surface area contributed by atoms with E-state index in [1.54, 1.807) is 17.4 Å². The number of aldehydes is 1. The number of benzene rings is 2. The summed E-state index contributed by atoms with van der Waals surface area (Å²) in [5, 5.41) is 11.0. The van der Waals surface area contributed by atoms with Crippen molar-refractivity contribution in [3.05, 3.63) is 63.6 Å². The first kappa shape index (κ1) is 20.7. The van der Waals surface area contributed by atoms with Crippen LogP contribution in [0.3, 0.4) is 0 Å². The predicted molar refractivity (Wildman–Crippen MR) is 101 cm³/mol. The second-order valence-electron chi connectivity index (χ2n) is 5.74. The van der Waals surface area contributed by atoms with Crippen LogP contribution in [0.25, 0.3) is 0 Å². The molecule has 0 spiro atoms. The third kappa shape index (κ3) is 6.27. The van der Waals surface area contributed by atoms with Crippen LogP contribution in [0.5, 0.6) is 5.75 Å². The summed E-state index contributed by atoms with van der Waals surface area (Å²) >= 11 is 12.5. The fraction of sp³-hybridized carbons (Fsp3) is 0.211. The van der Waals surface area contributed by atoms with E-state index < -0.39 is 17.9 Å². The molecule has 27 heavy (non-hydrogen) atoms. The first-order valence-electron chi connectivity index (χ1n) is 8.02. The van der Waals surface area contributed by atoms with Crippen LogP contribution in [-0.2, 0) is 22.6 Å². The number of amides is 2. The highest BCUT2D eigenvalue weighted by Gasteiger charge is 2.23. The van der Waals surface area contributed by atoms with E-state index in [2.05, 4.69) is 0 Å². The average molecular weight is 410 g/mol. The van der Waals surface area contributed by atoms with Crippen molar-refractivity contribution in [1.29, 1.82) is 0 Å². The van der Waals surface area contributed by atoms with Crippen molar-refractivity contribution in [2.45, 2.75) is 19.4 Å². The number of nitrogens with one attached hydrogen (secondary N) is 1. The van der Waals surface area contributed by atoms with Crippen molar-refractivity contribution in [2.24, 2.45) is 5.92 Å². The Bertz CT molecular complexity index is 803. The normalized spacial score (nSPS) is 11.5. The van der Waals surface area contributed by atoms with E-state index in [1.165, 1.54) is 0 Å². The first-order valence-corrected chi connectivity index (χ1v) is 8.78. The standard InChI is InChI=1S/C19H17Cl2NO5/c20-16-9-14(27-11-12-4-2-1-3-5-12)10-17(21)15(16)8-13(6-7-23)18(24)22-19(25)26/h1-5,7,9-10,13H,6,8,11H2,(H,22,24)(H,25,26)/t13-/m0/s1. The maximum absolute atomic E-state index is 11.9. The Morgan fingerprint density at radius 3 is 2.33 bits per heavy atom. The van der Waals surface area contributed by atoms with Crippen molar-refractivity contribution in [1.82, 2.24) is 5.32 Å². The lowest BCUT2D eigenvalue weighted by molar-refractivity contribution is -0.126. The second-order valence-corrected chi connectivity index (χ2v) is 6.55. The number of imide groups is 1. The highest BCUT2D eigenvalue weighted by Crippen LogP contribution is 2.33. The lowest BCUT2D eigenvalue weighted by Crippen LogP contribution is -2.35. The van der Waals surface area contributed by atoms with Crippen LogP contribution in [-0.4, -0.2) is 23.4 Å². The zero-order valence-electron chi connectivity index (χ0n) is 14.2. The Morgan fingerprint density at radius 2 is 1.78 bits per heavy atom. The summed E-state index contributed by atoms with van der Waals surface area (Å²) in [7, 11) is 0. The minimum Gasteiger partial charge on any atom is -0.489 e. The highest BCUT2D eigenvalue weighted by atomic mass is 35.5. The number of carbonyl (C=O) groups excluding carboxylic acids is 2. The number of carbonyl (C=O) groups is 3. The predicted octanol–water partition coefficient (Wildman–Crippen LogP) is 4.11. The zero-order chi connectivity index (χ0) is 19.8.